The van der Waals surface area contributed by atoms with E-state index in [-0.39, 0.29) is 17.3 Å². The molecule has 1 aromatic carbocycles. The number of aromatic nitrogens is 1. The van der Waals surface area contributed by atoms with E-state index in [1.807, 2.05) is 11.4 Å². The molecule has 2 atom stereocenters. The summed E-state index contributed by atoms with van der Waals surface area (Å²) >= 11 is 1.39. The van der Waals surface area contributed by atoms with Crippen molar-refractivity contribution < 1.29 is 18.7 Å². The number of hydrogen-bond acceptors (Lipinski definition) is 5. The predicted octanol–water partition coefficient (Wildman–Crippen LogP) is 4.70. The maximum atomic E-state index is 13.7. The lowest BCUT2D eigenvalue weighted by atomic mass is 9.80. The number of benzene rings is 1. The van der Waals surface area contributed by atoms with Crippen molar-refractivity contribution >= 4 is 23.6 Å². The summed E-state index contributed by atoms with van der Waals surface area (Å²) in [5, 5.41) is 11.7. The first-order valence-corrected chi connectivity index (χ1v) is 11.0. The number of hydrogen-bond donors (Lipinski definition) is 2. The van der Waals surface area contributed by atoms with E-state index >= 15 is 0 Å². The minimum Gasteiger partial charge on any atom is -0.506 e. The number of pyridine rings is 1. The summed E-state index contributed by atoms with van der Waals surface area (Å²) in [5.74, 6) is -3.51. The molecule has 2 aromatic heterocycles. The average Bonchev–Trinajstić information content (AvgIpc) is 3.25. The normalized spacial score (nSPS) is 15.0. The summed E-state index contributed by atoms with van der Waals surface area (Å²) in [6, 6.07) is 9.17. The molecule has 9 heteroatoms. The van der Waals surface area contributed by atoms with E-state index in [1.54, 1.807) is 38.2 Å². The zero-order valence-corrected chi connectivity index (χ0v) is 19.6. The third kappa shape index (κ3) is 5.19. The molecular weight excluding hydrogens is 446 g/mol. The molecule has 3 aromatic rings. The van der Waals surface area contributed by atoms with Crippen molar-refractivity contribution in [2.45, 2.75) is 31.2 Å². The summed E-state index contributed by atoms with van der Waals surface area (Å²) in [6.45, 7) is 2.62. The summed E-state index contributed by atoms with van der Waals surface area (Å²) in [5.41, 5.74) is 6.96. The lowest BCUT2D eigenvalue weighted by Crippen LogP contribution is -2.37. The van der Waals surface area contributed by atoms with Crippen LogP contribution in [0, 0.1) is 0 Å². The third-order valence-electron chi connectivity index (χ3n) is 5.48. The van der Waals surface area contributed by atoms with E-state index in [4.69, 9.17) is 10.7 Å². The van der Waals surface area contributed by atoms with Crippen LogP contribution in [-0.2, 0) is 16.3 Å². The Balaban J connectivity index is 2.12. The van der Waals surface area contributed by atoms with Gasteiger partial charge >= 0.3 is 0 Å². The molecule has 6 nitrogen and oxygen atoms in total. The monoisotopic (exact) mass is 472 g/mol. The highest BCUT2D eigenvalue weighted by Gasteiger charge is 2.39. The van der Waals surface area contributed by atoms with E-state index in [1.165, 1.54) is 41.8 Å². The molecule has 0 fully saturated rings. The third-order valence-corrected chi connectivity index (χ3v) is 6.64. The minimum atomic E-state index is -2.98. The number of guanidine groups is 1. The molecular formula is C24H26F2N4O2S. The largest absolute Gasteiger partial charge is 0.506 e. The van der Waals surface area contributed by atoms with Gasteiger partial charge in [-0.1, -0.05) is 24.3 Å². The molecule has 0 aliphatic rings. The van der Waals surface area contributed by atoms with Gasteiger partial charge in [0.2, 0.25) is 0 Å². The van der Waals surface area contributed by atoms with Crippen LogP contribution >= 0.6 is 11.3 Å². The number of aldehydes is 1. The van der Waals surface area contributed by atoms with Crippen molar-refractivity contribution in [3.63, 3.8) is 0 Å². The predicted molar refractivity (Wildman–Crippen MR) is 127 cm³/mol. The second kappa shape index (κ2) is 9.27. The number of thiophene rings is 1. The van der Waals surface area contributed by atoms with E-state index in [9.17, 15) is 18.7 Å². The molecule has 3 rings (SSSR count). The zero-order valence-electron chi connectivity index (χ0n) is 18.8. The fourth-order valence-electron chi connectivity index (χ4n) is 3.47. The van der Waals surface area contributed by atoms with E-state index in [2.05, 4.69) is 4.98 Å². The molecule has 0 saturated heterocycles. The van der Waals surface area contributed by atoms with Crippen LogP contribution in [0.5, 0.6) is 5.75 Å². The molecule has 0 aliphatic heterocycles. The number of nitrogens with zero attached hydrogens (tertiary/aromatic N) is 3. The molecule has 0 saturated carbocycles. The Morgan fingerprint density at radius 1 is 1.18 bits per heavy atom. The first kappa shape index (κ1) is 24.3. The lowest BCUT2D eigenvalue weighted by molar-refractivity contribution is -0.110. The van der Waals surface area contributed by atoms with E-state index < -0.39 is 17.4 Å². The Morgan fingerprint density at radius 3 is 2.39 bits per heavy atom. The number of nitrogens with two attached hydrogens (primary N) is 1. The Labute approximate surface area is 195 Å². The Hall–Kier alpha value is -3.33. The molecule has 2 unspecified atom stereocenters. The van der Waals surface area contributed by atoms with Crippen LogP contribution in [0.1, 0.15) is 35.8 Å². The van der Waals surface area contributed by atoms with Gasteiger partial charge in [-0.05, 0) is 35.6 Å². The van der Waals surface area contributed by atoms with Crippen LogP contribution < -0.4 is 5.73 Å². The van der Waals surface area contributed by atoms with Gasteiger partial charge in [0.1, 0.15) is 17.6 Å². The van der Waals surface area contributed by atoms with Crippen molar-refractivity contribution in [1.82, 2.24) is 9.88 Å². The van der Waals surface area contributed by atoms with Crippen LogP contribution in [0.25, 0.3) is 11.1 Å². The summed E-state index contributed by atoms with van der Waals surface area (Å²) in [6.07, 6.45) is 3.73. The maximum Gasteiger partial charge on any atom is 0.270 e. The van der Waals surface area contributed by atoms with Gasteiger partial charge in [0, 0.05) is 43.2 Å². The Morgan fingerprint density at radius 2 is 1.85 bits per heavy atom. The summed E-state index contributed by atoms with van der Waals surface area (Å²) < 4.78 is 27.4. The van der Waals surface area contributed by atoms with Crippen molar-refractivity contribution in [3.8, 4) is 16.9 Å². The van der Waals surface area contributed by atoms with E-state index in [0.717, 1.165) is 23.7 Å². The quantitative estimate of drug-likeness (QED) is 0.295. The lowest BCUT2D eigenvalue weighted by Gasteiger charge is -2.32. The zero-order chi connectivity index (χ0) is 24.4. The topological polar surface area (TPSA) is 91.8 Å². The van der Waals surface area contributed by atoms with Gasteiger partial charge in [-0.3, -0.25) is 4.98 Å². The number of rotatable bonds is 7. The number of alkyl halides is 2. The Bertz CT molecular complexity index is 1160. The van der Waals surface area contributed by atoms with Gasteiger partial charge in [-0.25, -0.2) is 13.8 Å². The first-order chi connectivity index (χ1) is 15.5. The average molecular weight is 473 g/mol. The van der Waals surface area contributed by atoms with Crippen LogP contribution in [0.4, 0.5) is 8.78 Å². The van der Waals surface area contributed by atoms with Crippen LogP contribution in [0.2, 0.25) is 0 Å². The number of carbonyl (C=O) groups excluding carboxylic acids is 1. The summed E-state index contributed by atoms with van der Waals surface area (Å²) in [7, 11) is 3.48. The van der Waals surface area contributed by atoms with Crippen molar-refractivity contribution in [3.05, 3.63) is 70.2 Å². The molecule has 3 N–H and O–H groups in total. The molecule has 0 radical (unpaired) electrons. The van der Waals surface area contributed by atoms with Gasteiger partial charge in [0.15, 0.2) is 5.96 Å². The van der Waals surface area contributed by atoms with Crippen LogP contribution in [0.3, 0.4) is 0 Å². The molecule has 174 valence electrons. The molecule has 2 heterocycles. The van der Waals surface area contributed by atoms with Gasteiger partial charge in [0.05, 0.1) is 12.1 Å². The second-order valence-corrected chi connectivity index (χ2v) is 9.18. The van der Waals surface area contributed by atoms with Gasteiger partial charge in [-0.2, -0.15) is 0 Å². The molecule has 0 amide bonds. The van der Waals surface area contributed by atoms with Gasteiger partial charge in [0.25, 0.3) is 5.92 Å². The highest BCUT2D eigenvalue weighted by atomic mass is 32.1. The summed E-state index contributed by atoms with van der Waals surface area (Å²) in [4.78, 5) is 23.5. The highest BCUT2D eigenvalue weighted by Crippen LogP contribution is 2.44. The fourth-order valence-corrected chi connectivity index (χ4v) is 4.54. The van der Waals surface area contributed by atoms with Gasteiger partial charge < -0.3 is 20.5 Å². The fraction of sp³-hybridized carbons (Fsp3) is 0.292. The molecule has 0 spiro atoms. The molecule has 33 heavy (non-hydrogen) atoms. The van der Waals surface area contributed by atoms with Crippen LogP contribution in [-0.4, -0.2) is 41.3 Å². The molecule has 0 bridgehead atoms. The standard InChI is InChI=1S/C24H26F2N4O2S/c1-23(29-22(27)30(3)4,20(13-31)15-5-7-18(8-6-15)24(2,25)26)21-10-17(14-33-21)16-9-19(32)12-28-11-16/h5-14,20,32H,1-4H3,(H2,27,29). The first-order valence-electron chi connectivity index (χ1n) is 10.2. The number of carbonyl (C=O) groups is 1. The number of aromatic hydroxyl groups is 1. The number of aliphatic imine (C=N–C) groups is 1. The second-order valence-electron chi connectivity index (χ2n) is 8.27. The van der Waals surface area contributed by atoms with Crippen molar-refractivity contribution in [2.75, 3.05) is 14.1 Å². The SMILES string of the molecule is CN(C)C(N)=NC(C)(c1cc(-c2cncc(O)c2)cs1)C(C=O)c1ccc(C(C)(F)F)cc1. The number of halogens is 2. The molecule has 0 aliphatic carbocycles. The van der Waals surface area contributed by atoms with Crippen molar-refractivity contribution in [2.24, 2.45) is 10.7 Å². The minimum absolute atomic E-state index is 0.0384. The van der Waals surface area contributed by atoms with Crippen LogP contribution in [0.15, 0.2) is 59.2 Å². The van der Waals surface area contributed by atoms with Gasteiger partial charge in [-0.15, -0.1) is 11.3 Å². The highest BCUT2D eigenvalue weighted by molar-refractivity contribution is 7.10. The maximum absolute atomic E-state index is 13.7. The Kier molecular flexibility index (Phi) is 6.83. The smallest absolute Gasteiger partial charge is 0.270 e. The van der Waals surface area contributed by atoms with Crippen molar-refractivity contribution in [1.29, 1.82) is 0 Å². The van der Waals surface area contributed by atoms with E-state index in [0.29, 0.717) is 11.1 Å².